The minimum atomic E-state index is -0.736. The fourth-order valence-electron chi connectivity index (χ4n) is 1.90. The SMILES string of the molecule is CC(C)CN=C1NC(=O)C(C)(c2ccc(I)cc2)N1. The molecule has 1 aromatic carbocycles. The molecule has 1 heterocycles. The summed E-state index contributed by atoms with van der Waals surface area (Å²) in [7, 11) is 0. The van der Waals surface area contributed by atoms with E-state index in [1.54, 1.807) is 0 Å². The normalized spacial score (nSPS) is 24.7. The summed E-state index contributed by atoms with van der Waals surface area (Å²) in [5, 5.41) is 6.01. The monoisotopic (exact) mass is 371 g/mol. The second kappa shape index (κ2) is 5.48. The van der Waals surface area contributed by atoms with E-state index < -0.39 is 5.54 Å². The number of halogens is 1. The summed E-state index contributed by atoms with van der Waals surface area (Å²) in [5.74, 6) is 0.979. The Bertz CT molecular complexity index is 510. The first-order valence-electron chi connectivity index (χ1n) is 6.32. The molecule has 19 heavy (non-hydrogen) atoms. The molecule has 2 N–H and O–H groups in total. The van der Waals surface area contributed by atoms with E-state index >= 15 is 0 Å². The van der Waals surface area contributed by atoms with Crippen LogP contribution in [0.4, 0.5) is 0 Å². The summed E-state index contributed by atoms with van der Waals surface area (Å²) in [6, 6.07) is 7.94. The van der Waals surface area contributed by atoms with Crippen molar-refractivity contribution in [3.63, 3.8) is 0 Å². The van der Waals surface area contributed by atoms with Gasteiger partial charge in [0.2, 0.25) is 0 Å². The maximum atomic E-state index is 12.2. The van der Waals surface area contributed by atoms with Crippen molar-refractivity contribution in [1.82, 2.24) is 10.6 Å². The van der Waals surface area contributed by atoms with Crippen LogP contribution in [0.1, 0.15) is 26.3 Å². The number of nitrogens with one attached hydrogen (secondary N) is 2. The van der Waals surface area contributed by atoms with Crippen molar-refractivity contribution in [2.24, 2.45) is 10.9 Å². The molecule has 0 aliphatic carbocycles. The molecule has 0 saturated carbocycles. The second-order valence-electron chi connectivity index (χ2n) is 5.29. The number of guanidine groups is 1. The molecule has 4 nitrogen and oxygen atoms in total. The largest absolute Gasteiger partial charge is 0.338 e. The van der Waals surface area contributed by atoms with Crippen molar-refractivity contribution >= 4 is 34.5 Å². The van der Waals surface area contributed by atoms with Crippen LogP contribution in [0, 0.1) is 9.49 Å². The van der Waals surface area contributed by atoms with Gasteiger partial charge in [0.1, 0.15) is 5.54 Å². The van der Waals surface area contributed by atoms with Gasteiger partial charge in [-0.2, -0.15) is 0 Å². The molecule has 1 amide bonds. The van der Waals surface area contributed by atoms with Crippen LogP contribution in [0.25, 0.3) is 0 Å². The third kappa shape index (κ3) is 3.08. The van der Waals surface area contributed by atoms with Gasteiger partial charge in [-0.15, -0.1) is 0 Å². The Morgan fingerprint density at radius 3 is 2.53 bits per heavy atom. The zero-order chi connectivity index (χ0) is 14.0. The molecule has 2 rings (SSSR count). The van der Waals surface area contributed by atoms with E-state index in [0.717, 1.165) is 9.13 Å². The van der Waals surface area contributed by atoms with Crippen LogP contribution >= 0.6 is 22.6 Å². The number of amides is 1. The van der Waals surface area contributed by atoms with Gasteiger partial charge in [-0.05, 0) is 53.1 Å². The summed E-state index contributed by atoms with van der Waals surface area (Å²) in [6.07, 6.45) is 0. The van der Waals surface area contributed by atoms with Gasteiger partial charge in [0.05, 0.1) is 0 Å². The third-order valence-corrected chi connectivity index (χ3v) is 3.81. The Kier molecular flexibility index (Phi) is 4.13. The highest BCUT2D eigenvalue weighted by molar-refractivity contribution is 14.1. The molecule has 1 aliphatic rings. The lowest BCUT2D eigenvalue weighted by Crippen LogP contribution is -2.40. The van der Waals surface area contributed by atoms with Crippen molar-refractivity contribution in [3.8, 4) is 0 Å². The topological polar surface area (TPSA) is 53.5 Å². The van der Waals surface area contributed by atoms with E-state index in [4.69, 9.17) is 0 Å². The van der Waals surface area contributed by atoms with Crippen LogP contribution in [-0.4, -0.2) is 18.4 Å². The fraction of sp³-hybridized carbons (Fsp3) is 0.429. The lowest BCUT2D eigenvalue weighted by Gasteiger charge is -2.21. The average Bonchev–Trinajstić information content (AvgIpc) is 2.64. The summed E-state index contributed by atoms with van der Waals surface area (Å²) < 4.78 is 1.15. The van der Waals surface area contributed by atoms with Gasteiger partial charge in [-0.3, -0.25) is 15.1 Å². The molecule has 1 aromatic rings. The van der Waals surface area contributed by atoms with Gasteiger partial charge in [0, 0.05) is 10.1 Å². The highest BCUT2D eigenvalue weighted by Gasteiger charge is 2.42. The van der Waals surface area contributed by atoms with E-state index in [-0.39, 0.29) is 5.91 Å². The first-order valence-corrected chi connectivity index (χ1v) is 7.40. The fourth-order valence-corrected chi connectivity index (χ4v) is 2.26. The van der Waals surface area contributed by atoms with E-state index in [2.05, 4.69) is 52.1 Å². The summed E-state index contributed by atoms with van der Waals surface area (Å²) in [5.41, 5.74) is 0.209. The molecule has 5 heteroatoms. The lowest BCUT2D eigenvalue weighted by molar-refractivity contribution is -0.123. The van der Waals surface area contributed by atoms with Crippen LogP contribution in [0.2, 0.25) is 0 Å². The lowest BCUT2D eigenvalue weighted by atomic mass is 9.92. The highest BCUT2D eigenvalue weighted by atomic mass is 127. The molecule has 1 fully saturated rings. The molecule has 102 valence electrons. The number of aliphatic imine (C=N–C) groups is 1. The number of carbonyl (C=O) groups is 1. The van der Waals surface area contributed by atoms with Crippen molar-refractivity contribution in [2.75, 3.05) is 6.54 Å². The average molecular weight is 371 g/mol. The molecule has 0 spiro atoms. The van der Waals surface area contributed by atoms with Gasteiger partial charge >= 0.3 is 0 Å². The molecule has 0 radical (unpaired) electrons. The highest BCUT2D eigenvalue weighted by Crippen LogP contribution is 2.24. The van der Waals surface area contributed by atoms with Crippen molar-refractivity contribution in [2.45, 2.75) is 26.3 Å². The van der Waals surface area contributed by atoms with Crippen LogP contribution in [0.3, 0.4) is 0 Å². The van der Waals surface area contributed by atoms with E-state index in [1.807, 2.05) is 31.2 Å². The Labute approximate surface area is 127 Å². The molecular formula is C14H18IN3O. The zero-order valence-corrected chi connectivity index (χ0v) is 13.5. The van der Waals surface area contributed by atoms with Crippen molar-refractivity contribution in [3.05, 3.63) is 33.4 Å². The Morgan fingerprint density at radius 2 is 1.95 bits per heavy atom. The van der Waals surface area contributed by atoms with Crippen LogP contribution in [-0.2, 0) is 10.3 Å². The van der Waals surface area contributed by atoms with Gasteiger partial charge in [0.25, 0.3) is 5.91 Å². The first kappa shape index (κ1) is 14.3. The van der Waals surface area contributed by atoms with Gasteiger partial charge in [0.15, 0.2) is 5.96 Å². The molecule has 0 bridgehead atoms. The number of hydrogen-bond acceptors (Lipinski definition) is 2. The number of hydrogen-bond donors (Lipinski definition) is 2. The van der Waals surface area contributed by atoms with Crippen molar-refractivity contribution in [1.29, 1.82) is 0 Å². The molecule has 1 saturated heterocycles. The number of rotatable bonds is 3. The van der Waals surface area contributed by atoms with E-state index in [9.17, 15) is 4.79 Å². The van der Waals surface area contributed by atoms with Crippen molar-refractivity contribution < 1.29 is 4.79 Å². The molecule has 1 aliphatic heterocycles. The minimum Gasteiger partial charge on any atom is -0.338 e. The van der Waals surface area contributed by atoms with Gasteiger partial charge in [-0.1, -0.05) is 26.0 Å². The predicted octanol–water partition coefficient (Wildman–Crippen LogP) is 2.24. The quantitative estimate of drug-likeness (QED) is 0.801. The maximum Gasteiger partial charge on any atom is 0.256 e. The summed E-state index contributed by atoms with van der Waals surface area (Å²) in [6.45, 7) is 6.77. The van der Waals surface area contributed by atoms with Gasteiger partial charge in [-0.25, -0.2) is 0 Å². The third-order valence-electron chi connectivity index (χ3n) is 3.09. The van der Waals surface area contributed by atoms with Crippen LogP contribution in [0.5, 0.6) is 0 Å². The van der Waals surface area contributed by atoms with Gasteiger partial charge < -0.3 is 5.32 Å². The van der Waals surface area contributed by atoms with E-state index in [1.165, 1.54) is 0 Å². The Balaban J connectivity index is 2.22. The molecule has 1 atom stereocenters. The van der Waals surface area contributed by atoms with Crippen LogP contribution < -0.4 is 10.6 Å². The first-order chi connectivity index (χ1) is 8.91. The number of carbonyl (C=O) groups excluding carboxylic acids is 1. The Morgan fingerprint density at radius 1 is 1.32 bits per heavy atom. The molecular weight excluding hydrogens is 353 g/mol. The zero-order valence-electron chi connectivity index (χ0n) is 11.3. The number of nitrogens with zero attached hydrogens (tertiary/aromatic N) is 1. The van der Waals surface area contributed by atoms with Crippen LogP contribution in [0.15, 0.2) is 29.3 Å². The molecule has 0 aromatic heterocycles. The maximum absolute atomic E-state index is 12.2. The predicted molar refractivity (Wildman–Crippen MR) is 84.9 cm³/mol. The smallest absolute Gasteiger partial charge is 0.256 e. The standard InChI is InChI=1S/C14H18IN3O/c1-9(2)8-16-13-17-12(19)14(3,18-13)10-4-6-11(15)7-5-10/h4-7,9H,8H2,1-3H3,(H2,16,17,18,19). The minimum absolute atomic E-state index is 0.0591. The van der Waals surface area contributed by atoms with E-state index in [0.29, 0.717) is 18.4 Å². The number of benzene rings is 1. The second-order valence-corrected chi connectivity index (χ2v) is 6.54. The summed E-state index contributed by atoms with van der Waals surface area (Å²) in [4.78, 5) is 16.6. The Hall–Kier alpha value is -1.11. The molecule has 1 unspecified atom stereocenters. The summed E-state index contributed by atoms with van der Waals surface area (Å²) >= 11 is 2.25.